The van der Waals surface area contributed by atoms with Gasteiger partial charge < -0.3 is 14.7 Å². The predicted molar refractivity (Wildman–Crippen MR) is 123 cm³/mol. The maximum absolute atomic E-state index is 13.0. The maximum Gasteiger partial charge on any atom is 0.229 e. The number of aliphatic hydroxyl groups is 1. The number of halogens is 2. The van der Waals surface area contributed by atoms with Crippen LogP contribution in [0, 0.1) is 5.82 Å². The molecule has 0 aliphatic carbocycles. The summed E-state index contributed by atoms with van der Waals surface area (Å²) in [5.74, 6) is 0.436. The summed E-state index contributed by atoms with van der Waals surface area (Å²) >= 11 is 0. The lowest BCUT2D eigenvalue weighted by molar-refractivity contribution is -0.0212. The van der Waals surface area contributed by atoms with Crippen molar-refractivity contribution in [1.82, 2.24) is 4.90 Å². The highest BCUT2D eigenvalue weighted by atomic mass is 35.5. The van der Waals surface area contributed by atoms with E-state index in [1.807, 2.05) is 0 Å². The lowest BCUT2D eigenvalue weighted by Gasteiger charge is -2.38. The summed E-state index contributed by atoms with van der Waals surface area (Å²) < 4.78 is 43.6. The smallest absolute Gasteiger partial charge is 0.229 e. The van der Waals surface area contributed by atoms with Crippen molar-refractivity contribution in [2.45, 2.75) is 31.3 Å². The highest BCUT2D eigenvalue weighted by Crippen LogP contribution is 2.26. The Bertz CT molecular complexity index is 916. The van der Waals surface area contributed by atoms with E-state index in [1.165, 1.54) is 12.1 Å². The normalized spacial score (nSPS) is 16.4. The first kappa shape index (κ1) is 25.4. The van der Waals surface area contributed by atoms with Crippen molar-refractivity contribution in [3.63, 3.8) is 0 Å². The zero-order valence-corrected chi connectivity index (χ0v) is 19.2. The summed E-state index contributed by atoms with van der Waals surface area (Å²) in [5.41, 5.74) is 0.733. The van der Waals surface area contributed by atoms with Gasteiger partial charge in [-0.15, -0.1) is 12.4 Å². The average molecular weight is 473 g/mol. The van der Waals surface area contributed by atoms with Crippen LogP contribution in [0.4, 0.5) is 10.1 Å². The maximum atomic E-state index is 13.0. The van der Waals surface area contributed by atoms with Crippen LogP contribution in [0.15, 0.2) is 48.5 Å². The first-order valence-corrected chi connectivity index (χ1v) is 12.0. The third kappa shape index (κ3) is 8.65. The Hall–Kier alpha value is -1.87. The number of sulfonamides is 1. The number of anilines is 1. The van der Waals surface area contributed by atoms with Gasteiger partial charge in [0.25, 0.3) is 0 Å². The standard InChI is InChI=1S/C22H29FN2O4S.ClH/c1-30(27,28)24-20-7-9-21(10-8-20)29-16-2-13-25-14-11-22(26,12-15-25)17-18-3-5-19(23)6-4-18;/h3-10,24,26H,2,11-17H2,1H3;1H. The van der Waals surface area contributed by atoms with Crippen molar-refractivity contribution in [2.75, 3.05) is 37.2 Å². The van der Waals surface area contributed by atoms with Crippen LogP contribution in [-0.2, 0) is 16.4 Å². The van der Waals surface area contributed by atoms with Gasteiger partial charge in [0.05, 0.1) is 18.5 Å². The van der Waals surface area contributed by atoms with Gasteiger partial charge in [-0.25, -0.2) is 12.8 Å². The number of likely N-dealkylation sites (tertiary alicyclic amines) is 1. The number of piperidine rings is 1. The minimum absolute atomic E-state index is 0. The number of nitrogens with zero attached hydrogens (tertiary/aromatic N) is 1. The molecule has 1 aliphatic heterocycles. The fraction of sp³-hybridized carbons (Fsp3) is 0.455. The minimum Gasteiger partial charge on any atom is -0.494 e. The first-order valence-electron chi connectivity index (χ1n) is 10.1. The Morgan fingerprint density at radius 3 is 2.29 bits per heavy atom. The number of nitrogens with one attached hydrogen (secondary N) is 1. The molecule has 1 aliphatic rings. The Balaban J connectivity index is 0.00000341. The van der Waals surface area contributed by atoms with Crippen LogP contribution in [0.25, 0.3) is 0 Å². The quantitative estimate of drug-likeness (QED) is 0.546. The summed E-state index contributed by atoms with van der Waals surface area (Å²) in [6.07, 6.45) is 3.91. The van der Waals surface area contributed by atoms with Crippen molar-refractivity contribution in [3.05, 3.63) is 59.9 Å². The number of ether oxygens (including phenoxy) is 1. The van der Waals surface area contributed by atoms with Crippen LogP contribution in [0.3, 0.4) is 0 Å². The SMILES string of the molecule is CS(=O)(=O)Nc1ccc(OCCCN2CCC(O)(Cc3ccc(F)cc3)CC2)cc1.Cl. The monoisotopic (exact) mass is 472 g/mol. The van der Waals surface area contributed by atoms with E-state index in [0.717, 1.165) is 37.9 Å². The van der Waals surface area contributed by atoms with Gasteiger partial charge in [-0.05, 0) is 61.2 Å². The molecular formula is C22H30ClFN2O4S. The van der Waals surface area contributed by atoms with Crippen molar-refractivity contribution < 1.29 is 22.7 Å². The molecule has 3 rings (SSSR count). The first-order chi connectivity index (χ1) is 14.2. The third-order valence-electron chi connectivity index (χ3n) is 5.28. The van der Waals surface area contributed by atoms with E-state index >= 15 is 0 Å². The van der Waals surface area contributed by atoms with Gasteiger partial charge in [-0.3, -0.25) is 4.72 Å². The van der Waals surface area contributed by atoms with Gasteiger partial charge in [0, 0.05) is 31.7 Å². The second kappa shape index (κ2) is 11.1. The van der Waals surface area contributed by atoms with Crippen LogP contribution in [0.5, 0.6) is 5.75 Å². The van der Waals surface area contributed by atoms with Gasteiger partial charge >= 0.3 is 0 Å². The molecule has 0 saturated carbocycles. The van der Waals surface area contributed by atoms with E-state index in [0.29, 0.717) is 37.3 Å². The molecule has 0 spiro atoms. The zero-order chi connectivity index (χ0) is 21.6. The van der Waals surface area contributed by atoms with Crippen molar-refractivity contribution in [2.24, 2.45) is 0 Å². The number of hydrogen-bond donors (Lipinski definition) is 2. The summed E-state index contributed by atoms with van der Waals surface area (Å²) in [4.78, 5) is 2.32. The molecule has 0 atom stereocenters. The van der Waals surface area contributed by atoms with Crippen LogP contribution in [0.1, 0.15) is 24.8 Å². The highest BCUT2D eigenvalue weighted by Gasteiger charge is 2.32. The molecule has 1 fully saturated rings. The molecule has 172 valence electrons. The summed E-state index contributed by atoms with van der Waals surface area (Å²) in [7, 11) is -3.28. The fourth-order valence-corrected chi connectivity index (χ4v) is 4.23. The molecular weight excluding hydrogens is 443 g/mol. The molecule has 0 radical (unpaired) electrons. The number of hydrogen-bond acceptors (Lipinski definition) is 5. The molecule has 9 heteroatoms. The fourth-order valence-electron chi connectivity index (χ4n) is 3.66. The molecule has 2 aromatic rings. The molecule has 0 unspecified atom stereocenters. The molecule has 0 amide bonds. The Morgan fingerprint density at radius 1 is 1.10 bits per heavy atom. The topological polar surface area (TPSA) is 78.9 Å². The van der Waals surface area contributed by atoms with Crippen molar-refractivity contribution in [3.8, 4) is 5.75 Å². The van der Waals surface area contributed by atoms with Crippen LogP contribution >= 0.6 is 12.4 Å². The summed E-state index contributed by atoms with van der Waals surface area (Å²) in [5, 5.41) is 10.8. The van der Waals surface area contributed by atoms with E-state index in [2.05, 4.69) is 9.62 Å². The second-order valence-electron chi connectivity index (χ2n) is 7.97. The van der Waals surface area contributed by atoms with Gasteiger partial charge in [0.15, 0.2) is 0 Å². The van der Waals surface area contributed by atoms with Gasteiger partial charge in [-0.2, -0.15) is 0 Å². The van der Waals surface area contributed by atoms with Gasteiger partial charge in [0.2, 0.25) is 10.0 Å². The van der Waals surface area contributed by atoms with Crippen LogP contribution in [-0.4, -0.2) is 56.5 Å². The largest absolute Gasteiger partial charge is 0.494 e. The Morgan fingerprint density at radius 2 is 1.71 bits per heavy atom. The molecule has 1 heterocycles. The number of rotatable bonds is 9. The van der Waals surface area contributed by atoms with E-state index in [9.17, 15) is 17.9 Å². The van der Waals surface area contributed by atoms with Crippen LogP contribution in [0.2, 0.25) is 0 Å². The predicted octanol–water partition coefficient (Wildman–Crippen LogP) is 3.46. The molecule has 6 nitrogen and oxygen atoms in total. The van der Waals surface area contributed by atoms with Gasteiger partial charge in [0.1, 0.15) is 11.6 Å². The van der Waals surface area contributed by atoms with E-state index < -0.39 is 15.6 Å². The van der Waals surface area contributed by atoms with Gasteiger partial charge in [-0.1, -0.05) is 12.1 Å². The van der Waals surface area contributed by atoms with Crippen molar-refractivity contribution >= 4 is 28.1 Å². The van der Waals surface area contributed by atoms with Crippen molar-refractivity contribution in [1.29, 1.82) is 0 Å². The molecule has 31 heavy (non-hydrogen) atoms. The lowest BCUT2D eigenvalue weighted by Crippen LogP contribution is -2.46. The molecule has 2 N–H and O–H groups in total. The summed E-state index contributed by atoms with van der Waals surface area (Å²) in [6.45, 7) is 3.10. The zero-order valence-electron chi connectivity index (χ0n) is 17.6. The van der Waals surface area contributed by atoms with E-state index in [-0.39, 0.29) is 18.2 Å². The molecule has 1 saturated heterocycles. The van der Waals surface area contributed by atoms with E-state index in [1.54, 1.807) is 36.4 Å². The Kier molecular flexibility index (Phi) is 9.12. The van der Waals surface area contributed by atoms with E-state index in [4.69, 9.17) is 4.74 Å². The van der Waals surface area contributed by atoms with Crippen LogP contribution < -0.4 is 9.46 Å². The average Bonchev–Trinajstić information content (AvgIpc) is 2.69. The Labute approximate surface area is 189 Å². The highest BCUT2D eigenvalue weighted by molar-refractivity contribution is 7.92. The molecule has 0 bridgehead atoms. The number of benzene rings is 2. The third-order valence-corrected chi connectivity index (χ3v) is 5.88. The minimum atomic E-state index is -3.28. The second-order valence-corrected chi connectivity index (χ2v) is 9.72. The molecule has 0 aromatic heterocycles. The lowest BCUT2D eigenvalue weighted by atomic mass is 9.85. The summed E-state index contributed by atoms with van der Waals surface area (Å²) in [6, 6.07) is 13.2. The molecule has 2 aromatic carbocycles.